The molecule has 3 rings (SSSR count). The van der Waals surface area contributed by atoms with Gasteiger partial charge in [-0.25, -0.2) is 10.8 Å². The average molecular weight is 286 g/mol. The summed E-state index contributed by atoms with van der Waals surface area (Å²) in [6.45, 7) is 2.97. The Labute approximate surface area is 125 Å². The van der Waals surface area contributed by atoms with E-state index >= 15 is 0 Å². The second-order valence-corrected chi connectivity index (χ2v) is 5.54. The molecule has 1 saturated heterocycles. The third kappa shape index (κ3) is 3.15. The maximum Gasteiger partial charge on any atom is 0.145 e. The molecular weight excluding hydrogens is 264 g/mol. The number of aromatic nitrogens is 1. The molecule has 1 aliphatic heterocycles. The predicted octanol–water partition coefficient (Wildman–Crippen LogP) is 2.13. The van der Waals surface area contributed by atoms with Crippen LogP contribution in [0.1, 0.15) is 18.4 Å². The molecule has 3 N–H and O–H groups in total. The third-order valence-electron chi connectivity index (χ3n) is 4.20. The van der Waals surface area contributed by atoms with Gasteiger partial charge >= 0.3 is 0 Å². The minimum atomic E-state index is 0.406. The minimum absolute atomic E-state index is 0.406. The third-order valence-corrected chi connectivity index (χ3v) is 4.20. The monoisotopic (exact) mass is 286 g/mol. The van der Waals surface area contributed by atoms with Gasteiger partial charge in [-0.2, -0.15) is 0 Å². The van der Waals surface area contributed by atoms with Crippen molar-refractivity contribution in [1.29, 1.82) is 0 Å². The van der Waals surface area contributed by atoms with Crippen molar-refractivity contribution in [2.24, 2.45) is 5.84 Å². The van der Waals surface area contributed by atoms with Gasteiger partial charge in [-0.3, -0.25) is 4.90 Å². The number of para-hydroxylation sites is 1. The van der Waals surface area contributed by atoms with E-state index in [0.717, 1.165) is 54.8 Å². The van der Waals surface area contributed by atoms with Gasteiger partial charge in [-0.15, -0.1) is 0 Å². The highest BCUT2D eigenvalue weighted by atomic mass is 16.5. The number of nitrogens with zero attached hydrogens (tertiary/aromatic N) is 2. The van der Waals surface area contributed by atoms with Crippen LogP contribution in [0.2, 0.25) is 0 Å². The van der Waals surface area contributed by atoms with Gasteiger partial charge in [0.2, 0.25) is 0 Å². The van der Waals surface area contributed by atoms with E-state index in [9.17, 15) is 0 Å². The molecule has 0 atom stereocenters. The van der Waals surface area contributed by atoms with E-state index in [1.807, 2.05) is 18.2 Å². The zero-order chi connectivity index (χ0) is 14.7. The standard InChI is InChI=1S/C16H22N4O/c1-21-14-6-8-20(9-7-14)11-13-10-12-4-2-3-5-15(12)18-16(13)19-17/h2-5,10,14H,6-9,11,17H2,1H3,(H,18,19). The lowest BCUT2D eigenvalue weighted by Crippen LogP contribution is -2.36. The molecule has 112 valence electrons. The van der Waals surface area contributed by atoms with Gasteiger partial charge in [0.1, 0.15) is 5.82 Å². The van der Waals surface area contributed by atoms with Crippen LogP contribution in [0.3, 0.4) is 0 Å². The number of ether oxygens (including phenoxy) is 1. The van der Waals surface area contributed by atoms with E-state index < -0.39 is 0 Å². The van der Waals surface area contributed by atoms with Gasteiger partial charge in [0.05, 0.1) is 11.6 Å². The van der Waals surface area contributed by atoms with Crippen LogP contribution >= 0.6 is 0 Å². The lowest BCUT2D eigenvalue weighted by molar-refractivity contribution is 0.0389. The maximum atomic E-state index is 5.64. The molecule has 2 aromatic rings. The summed E-state index contributed by atoms with van der Waals surface area (Å²) >= 11 is 0. The molecule has 5 heteroatoms. The molecule has 0 amide bonds. The fourth-order valence-corrected chi connectivity index (χ4v) is 2.95. The molecule has 2 heterocycles. The zero-order valence-corrected chi connectivity index (χ0v) is 12.4. The summed E-state index contributed by atoms with van der Waals surface area (Å²) in [4.78, 5) is 7.04. The van der Waals surface area contributed by atoms with Crippen LogP contribution in [0.25, 0.3) is 10.9 Å². The number of piperidine rings is 1. The lowest BCUT2D eigenvalue weighted by atomic mass is 10.1. The Balaban J connectivity index is 1.79. The number of nitrogens with two attached hydrogens (primary N) is 1. The number of pyridine rings is 1. The van der Waals surface area contributed by atoms with Crippen molar-refractivity contribution in [3.63, 3.8) is 0 Å². The van der Waals surface area contributed by atoms with Crippen molar-refractivity contribution in [1.82, 2.24) is 9.88 Å². The molecule has 5 nitrogen and oxygen atoms in total. The number of nitrogens with one attached hydrogen (secondary N) is 1. The van der Waals surface area contributed by atoms with Crippen LogP contribution < -0.4 is 11.3 Å². The largest absolute Gasteiger partial charge is 0.381 e. The first kappa shape index (κ1) is 14.3. The number of nitrogen functional groups attached to an aromatic ring is 1. The van der Waals surface area contributed by atoms with Crippen LogP contribution in [0.15, 0.2) is 30.3 Å². The van der Waals surface area contributed by atoms with E-state index in [1.54, 1.807) is 7.11 Å². The van der Waals surface area contributed by atoms with Crippen molar-refractivity contribution in [3.8, 4) is 0 Å². The number of hydrogen-bond donors (Lipinski definition) is 2. The number of fused-ring (bicyclic) bond motifs is 1. The Morgan fingerprint density at radius 3 is 2.81 bits per heavy atom. The van der Waals surface area contributed by atoms with Gasteiger partial charge in [-0.1, -0.05) is 18.2 Å². The second-order valence-electron chi connectivity index (χ2n) is 5.54. The van der Waals surface area contributed by atoms with E-state index in [4.69, 9.17) is 10.6 Å². The fourth-order valence-electron chi connectivity index (χ4n) is 2.95. The molecule has 0 radical (unpaired) electrons. The Kier molecular flexibility index (Phi) is 4.34. The topological polar surface area (TPSA) is 63.4 Å². The smallest absolute Gasteiger partial charge is 0.145 e. The van der Waals surface area contributed by atoms with Crippen LogP contribution in [0.5, 0.6) is 0 Å². The summed E-state index contributed by atoms with van der Waals surface area (Å²) in [5.41, 5.74) is 4.85. The Bertz CT molecular complexity index is 608. The number of likely N-dealkylation sites (tertiary alicyclic amines) is 1. The van der Waals surface area contributed by atoms with Crippen molar-refractivity contribution < 1.29 is 4.74 Å². The molecule has 0 spiro atoms. The van der Waals surface area contributed by atoms with Crippen LogP contribution in [-0.4, -0.2) is 36.2 Å². The molecule has 0 bridgehead atoms. The predicted molar refractivity (Wildman–Crippen MR) is 84.9 cm³/mol. The van der Waals surface area contributed by atoms with Crippen LogP contribution in [-0.2, 0) is 11.3 Å². The van der Waals surface area contributed by atoms with E-state index in [2.05, 4.69) is 27.4 Å². The van der Waals surface area contributed by atoms with E-state index in [1.165, 1.54) is 0 Å². The second kappa shape index (κ2) is 6.39. The molecule has 1 fully saturated rings. The normalized spacial score (nSPS) is 17.2. The molecule has 0 saturated carbocycles. The molecule has 21 heavy (non-hydrogen) atoms. The fraction of sp³-hybridized carbons (Fsp3) is 0.438. The Morgan fingerprint density at radius 1 is 1.33 bits per heavy atom. The van der Waals surface area contributed by atoms with Crippen molar-refractivity contribution in [3.05, 3.63) is 35.9 Å². The molecule has 0 aliphatic carbocycles. The van der Waals surface area contributed by atoms with Gasteiger partial charge in [-0.05, 0) is 25.0 Å². The van der Waals surface area contributed by atoms with E-state index in [-0.39, 0.29) is 0 Å². The van der Waals surface area contributed by atoms with Gasteiger partial charge in [0, 0.05) is 37.7 Å². The maximum absolute atomic E-state index is 5.64. The quantitative estimate of drug-likeness (QED) is 0.666. The van der Waals surface area contributed by atoms with Crippen LogP contribution in [0.4, 0.5) is 5.82 Å². The number of hydrazine groups is 1. The summed E-state index contributed by atoms with van der Waals surface area (Å²) in [6.07, 6.45) is 2.58. The summed E-state index contributed by atoms with van der Waals surface area (Å²) in [5, 5.41) is 1.15. The zero-order valence-electron chi connectivity index (χ0n) is 12.4. The molecular formula is C16H22N4O. The molecule has 1 aliphatic rings. The Morgan fingerprint density at radius 2 is 2.10 bits per heavy atom. The lowest BCUT2D eigenvalue weighted by Gasteiger charge is -2.31. The van der Waals surface area contributed by atoms with Gasteiger partial charge in [0.25, 0.3) is 0 Å². The number of hydrogen-bond acceptors (Lipinski definition) is 5. The first-order valence-corrected chi connectivity index (χ1v) is 7.40. The highest BCUT2D eigenvalue weighted by Gasteiger charge is 2.19. The van der Waals surface area contributed by atoms with Gasteiger partial charge < -0.3 is 10.2 Å². The SMILES string of the molecule is COC1CCN(Cc2cc3ccccc3nc2NN)CC1. The molecule has 0 unspecified atom stereocenters. The van der Waals surface area contributed by atoms with Crippen molar-refractivity contribution in [2.75, 3.05) is 25.6 Å². The first-order valence-electron chi connectivity index (χ1n) is 7.40. The Hall–Kier alpha value is -1.69. The summed E-state index contributed by atoms with van der Waals surface area (Å²) in [5.74, 6) is 6.41. The highest BCUT2D eigenvalue weighted by molar-refractivity contribution is 5.81. The number of anilines is 1. The summed E-state index contributed by atoms with van der Waals surface area (Å²) < 4.78 is 5.42. The summed E-state index contributed by atoms with van der Waals surface area (Å²) in [6, 6.07) is 10.3. The van der Waals surface area contributed by atoms with Crippen molar-refractivity contribution >= 4 is 16.7 Å². The minimum Gasteiger partial charge on any atom is -0.381 e. The van der Waals surface area contributed by atoms with E-state index in [0.29, 0.717) is 6.10 Å². The van der Waals surface area contributed by atoms with Crippen LogP contribution in [0, 0.1) is 0 Å². The number of methoxy groups -OCH3 is 1. The molecule has 1 aromatic carbocycles. The van der Waals surface area contributed by atoms with Crippen molar-refractivity contribution in [2.45, 2.75) is 25.5 Å². The number of rotatable bonds is 4. The number of benzene rings is 1. The van der Waals surface area contributed by atoms with Gasteiger partial charge in [0.15, 0.2) is 0 Å². The first-order chi connectivity index (χ1) is 10.3. The average Bonchev–Trinajstić information content (AvgIpc) is 2.55. The highest BCUT2D eigenvalue weighted by Crippen LogP contribution is 2.23. The summed E-state index contributed by atoms with van der Waals surface area (Å²) in [7, 11) is 1.80. The molecule has 1 aromatic heterocycles.